The molecule has 0 amide bonds. The molecule has 2 saturated heterocycles. The average Bonchev–Trinajstić information content (AvgIpc) is 3.33. The minimum absolute atomic E-state index is 0.0214. The number of anilines is 3. The van der Waals surface area contributed by atoms with Gasteiger partial charge < -0.3 is 14.5 Å². The van der Waals surface area contributed by atoms with Gasteiger partial charge in [-0.1, -0.05) is 12.1 Å². The molecule has 11 heteroatoms. The van der Waals surface area contributed by atoms with Crippen molar-refractivity contribution in [1.29, 1.82) is 0 Å². The summed E-state index contributed by atoms with van der Waals surface area (Å²) >= 11 is 0. The van der Waals surface area contributed by atoms with Crippen LogP contribution in [0.25, 0.3) is 0 Å². The summed E-state index contributed by atoms with van der Waals surface area (Å²) in [5.74, 6) is 1.58. The predicted octanol–water partition coefficient (Wildman–Crippen LogP) is 2.05. The van der Waals surface area contributed by atoms with E-state index in [0.29, 0.717) is 42.3 Å². The van der Waals surface area contributed by atoms with Crippen molar-refractivity contribution in [3.63, 3.8) is 0 Å². The third-order valence-electron chi connectivity index (χ3n) is 5.09. The van der Waals surface area contributed by atoms with Crippen molar-refractivity contribution < 1.29 is 9.66 Å². The number of rotatable bonds is 6. The Morgan fingerprint density at radius 2 is 1.77 bits per heavy atom. The van der Waals surface area contributed by atoms with Crippen molar-refractivity contribution in [2.45, 2.75) is 19.8 Å². The zero-order valence-electron chi connectivity index (χ0n) is 16.8. The second-order valence-electron chi connectivity index (χ2n) is 7.17. The summed E-state index contributed by atoms with van der Waals surface area (Å²) in [5.41, 5.74) is 4.17. The van der Waals surface area contributed by atoms with Gasteiger partial charge in [-0.2, -0.15) is 20.1 Å². The van der Waals surface area contributed by atoms with E-state index in [0.717, 1.165) is 39.0 Å². The van der Waals surface area contributed by atoms with Crippen molar-refractivity contribution in [1.82, 2.24) is 15.0 Å². The molecule has 0 saturated carbocycles. The van der Waals surface area contributed by atoms with Crippen LogP contribution in [0.5, 0.6) is 0 Å². The maximum atomic E-state index is 11.0. The Bertz CT molecular complexity index is 939. The van der Waals surface area contributed by atoms with Gasteiger partial charge in [0.2, 0.25) is 17.8 Å². The largest absolute Gasteiger partial charge is 0.378 e. The lowest BCUT2D eigenvalue weighted by Crippen LogP contribution is -2.38. The Labute approximate surface area is 173 Å². The van der Waals surface area contributed by atoms with Crippen LogP contribution in [-0.4, -0.2) is 65.0 Å². The molecule has 1 N–H and O–H groups in total. The fourth-order valence-corrected chi connectivity index (χ4v) is 3.41. The third kappa shape index (κ3) is 4.62. The second-order valence-corrected chi connectivity index (χ2v) is 7.17. The molecule has 0 atom stereocenters. The lowest BCUT2D eigenvalue weighted by Gasteiger charge is -2.27. The number of non-ortho nitro benzene ring substituents is 1. The van der Waals surface area contributed by atoms with Gasteiger partial charge in [0, 0.05) is 43.9 Å². The summed E-state index contributed by atoms with van der Waals surface area (Å²) in [4.78, 5) is 28.6. The zero-order chi connectivity index (χ0) is 20.9. The SMILES string of the molecule is C/C(=N\Nc1nc(N2CCCC2)nc(N2CCOCC2)n1)c1cccc([N+](=O)[O-])c1. The van der Waals surface area contributed by atoms with E-state index in [4.69, 9.17) is 4.74 Å². The molecule has 2 fully saturated rings. The van der Waals surface area contributed by atoms with Crippen molar-refractivity contribution in [2.24, 2.45) is 5.10 Å². The van der Waals surface area contributed by atoms with Crippen LogP contribution in [-0.2, 0) is 4.74 Å². The first kappa shape index (κ1) is 20.0. The molecule has 30 heavy (non-hydrogen) atoms. The van der Waals surface area contributed by atoms with E-state index in [1.165, 1.54) is 12.1 Å². The van der Waals surface area contributed by atoms with Gasteiger partial charge in [-0.25, -0.2) is 5.43 Å². The van der Waals surface area contributed by atoms with Crippen LogP contribution >= 0.6 is 0 Å². The van der Waals surface area contributed by atoms with Crippen LogP contribution in [0.4, 0.5) is 23.5 Å². The molecular weight excluding hydrogens is 388 g/mol. The normalized spacial score (nSPS) is 17.3. The number of nitro groups is 1. The Balaban J connectivity index is 1.59. The first-order chi connectivity index (χ1) is 14.6. The summed E-state index contributed by atoms with van der Waals surface area (Å²) in [7, 11) is 0. The van der Waals surface area contributed by atoms with E-state index < -0.39 is 4.92 Å². The molecule has 0 spiro atoms. The summed E-state index contributed by atoms with van der Waals surface area (Å²) in [5, 5.41) is 15.4. The highest BCUT2D eigenvalue weighted by Crippen LogP contribution is 2.21. The molecule has 4 rings (SSSR count). The summed E-state index contributed by atoms with van der Waals surface area (Å²) in [6.07, 6.45) is 2.23. The van der Waals surface area contributed by atoms with Crippen molar-refractivity contribution in [3.8, 4) is 0 Å². The summed E-state index contributed by atoms with van der Waals surface area (Å²) < 4.78 is 5.43. The number of hydrogen-bond acceptors (Lipinski definition) is 10. The van der Waals surface area contributed by atoms with Gasteiger partial charge in [-0.05, 0) is 19.8 Å². The monoisotopic (exact) mass is 412 g/mol. The van der Waals surface area contributed by atoms with Gasteiger partial charge in [-0.15, -0.1) is 0 Å². The van der Waals surface area contributed by atoms with Gasteiger partial charge >= 0.3 is 0 Å². The number of nitro benzene ring substituents is 1. The molecule has 158 valence electrons. The van der Waals surface area contributed by atoms with Gasteiger partial charge in [0.15, 0.2) is 0 Å². The minimum atomic E-state index is -0.423. The van der Waals surface area contributed by atoms with Crippen molar-refractivity contribution in [3.05, 3.63) is 39.9 Å². The molecule has 1 aromatic carbocycles. The maximum absolute atomic E-state index is 11.0. The van der Waals surface area contributed by atoms with E-state index >= 15 is 0 Å². The van der Waals surface area contributed by atoms with E-state index in [1.807, 2.05) is 0 Å². The zero-order valence-corrected chi connectivity index (χ0v) is 16.8. The second kappa shape index (κ2) is 8.99. The number of nitrogens with one attached hydrogen (secondary N) is 1. The lowest BCUT2D eigenvalue weighted by atomic mass is 10.1. The number of morpholine rings is 1. The van der Waals surface area contributed by atoms with Gasteiger partial charge in [0.25, 0.3) is 5.69 Å². The molecule has 1 aromatic heterocycles. The standard InChI is InChI=1S/C19H24N8O3/c1-14(15-5-4-6-16(13-15)27(28)29)23-24-17-20-18(25-7-2-3-8-25)22-19(21-17)26-9-11-30-12-10-26/h4-6,13H,2-3,7-12H2,1H3,(H,20,21,22,24)/b23-14+. The fourth-order valence-electron chi connectivity index (χ4n) is 3.41. The average molecular weight is 412 g/mol. The van der Waals surface area contributed by atoms with Crippen LogP contribution in [0.3, 0.4) is 0 Å². The van der Waals surface area contributed by atoms with Crippen LogP contribution in [0, 0.1) is 10.1 Å². The number of aromatic nitrogens is 3. The van der Waals surface area contributed by atoms with Crippen LogP contribution in [0.2, 0.25) is 0 Å². The highest BCUT2D eigenvalue weighted by molar-refractivity contribution is 5.99. The Kier molecular flexibility index (Phi) is 5.98. The minimum Gasteiger partial charge on any atom is -0.378 e. The molecule has 0 bridgehead atoms. The van der Waals surface area contributed by atoms with Crippen LogP contribution in [0.1, 0.15) is 25.3 Å². The lowest BCUT2D eigenvalue weighted by molar-refractivity contribution is -0.384. The Morgan fingerprint density at radius 3 is 2.43 bits per heavy atom. The van der Waals surface area contributed by atoms with Crippen molar-refractivity contribution in [2.75, 3.05) is 54.6 Å². The van der Waals surface area contributed by atoms with E-state index in [9.17, 15) is 10.1 Å². The topological polar surface area (TPSA) is 122 Å². The van der Waals surface area contributed by atoms with Gasteiger partial charge in [0.05, 0.1) is 23.8 Å². The van der Waals surface area contributed by atoms with Crippen LogP contribution < -0.4 is 15.2 Å². The van der Waals surface area contributed by atoms with E-state index in [2.05, 4.69) is 35.3 Å². The number of ether oxygens (including phenoxy) is 1. The Hall–Kier alpha value is -3.34. The summed E-state index contributed by atoms with van der Waals surface area (Å²) in [6, 6.07) is 6.35. The molecule has 3 heterocycles. The quantitative estimate of drug-likeness (QED) is 0.431. The smallest absolute Gasteiger partial charge is 0.270 e. The Morgan fingerprint density at radius 1 is 1.10 bits per heavy atom. The van der Waals surface area contributed by atoms with Crippen molar-refractivity contribution >= 4 is 29.2 Å². The highest BCUT2D eigenvalue weighted by Gasteiger charge is 2.21. The molecule has 0 radical (unpaired) electrons. The number of hydrazone groups is 1. The fraction of sp³-hybridized carbons (Fsp3) is 0.474. The molecule has 0 aliphatic carbocycles. The predicted molar refractivity (Wildman–Crippen MR) is 113 cm³/mol. The summed E-state index contributed by atoms with van der Waals surface area (Å²) in [6.45, 7) is 6.33. The first-order valence-electron chi connectivity index (χ1n) is 9.99. The molecule has 11 nitrogen and oxygen atoms in total. The first-order valence-corrected chi connectivity index (χ1v) is 9.99. The highest BCUT2D eigenvalue weighted by atomic mass is 16.6. The third-order valence-corrected chi connectivity index (χ3v) is 5.09. The molecular formula is C19H24N8O3. The number of hydrogen-bond donors (Lipinski definition) is 1. The number of benzene rings is 1. The van der Waals surface area contributed by atoms with Gasteiger partial charge in [-0.3, -0.25) is 10.1 Å². The van der Waals surface area contributed by atoms with E-state index in [-0.39, 0.29) is 5.69 Å². The van der Waals surface area contributed by atoms with Gasteiger partial charge in [0.1, 0.15) is 0 Å². The molecule has 2 aromatic rings. The maximum Gasteiger partial charge on any atom is 0.270 e. The molecule has 2 aliphatic heterocycles. The van der Waals surface area contributed by atoms with Crippen LogP contribution in [0.15, 0.2) is 29.4 Å². The number of nitrogens with zero attached hydrogens (tertiary/aromatic N) is 7. The molecule has 2 aliphatic rings. The molecule has 0 unspecified atom stereocenters. The van der Waals surface area contributed by atoms with E-state index in [1.54, 1.807) is 19.1 Å².